The molecule has 2 unspecified atom stereocenters. The average molecular weight is 155 g/mol. The lowest BCUT2D eigenvalue weighted by Gasteiger charge is -2.19. The molecule has 2 saturated heterocycles. The van der Waals surface area contributed by atoms with E-state index in [2.05, 4.69) is 25.7 Å². The Balaban J connectivity index is 2.01. The van der Waals surface area contributed by atoms with Crippen molar-refractivity contribution in [3.63, 3.8) is 0 Å². The summed E-state index contributed by atoms with van der Waals surface area (Å²) in [6.45, 7) is 10.2. The highest BCUT2D eigenvalue weighted by Crippen LogP contribution is 2.41. The molecule has 2 aliphatic heterocycles. The highest BCUT2D eigenvalue weighted by atomic mass is 16.6. The van der Waals surface area contributed by atoms with Gasteiger partial charge in [-0.05, 0) is 13.8 Å². The van der Waals surface area contributed by atoms with Crippen molar-refractivity contribution in [3.05, 3.63) is 0 Å². The van der Waals surface area contributed by atoms with Crippen LogP contribution in [0.2, 0.25) is 0 Å². The Labute approximate surface area is 68.5 Å². The summed E-state index contributed by atoms with van der Waals surface area (Å²) in [5.41, 5.74) is 0.282. The molecule has 2 rings (SSSR count). The zero-order chi connectivity index (χ0) is 8.06. The fourth-order valence-corrected chi connectivity index (χ4v) is 1.94. The van der Waals surface area contributed by atoms with Crippen LogP contribution in [0.25, 0.3) is 0 Å². The van der Waals surface area contributed by atoms with Gasteiger partial charge in [0.25, 0.3) is 0 Å². The molecule has 0 aromatic carbocycles. The summed E-state index contributed by atoms with van der Waals surface area (Å²) >= 11 is 0. The number of epoxide rings is 1. The van der Waals surface area contributed by atoms with E-state index in [4.69, 9.17) is 4.74 Å². The summed E-state index contributed by atoms with van der Waals surface area (Å²) in [6.07, 6.45) is 0. The van der Waals surface area contributed by atoms with Crippen molar-refractivity contribution in [2.75, 3.05) is 19.7 Å². The fraction of sp³-hybridized carbons (Fsp3) is 1.00. The van der Waals surface area contributed by atoms with E-state index in [1.165, 1.54) is 6.54 Å². The monoisotopic (exact) mass is 155 g/mol. The number of ether oxygens (including phenoxy) is 1. The van der Waals surface area contributed by atoms with Gasteiger partial charge in [0.1, 0.15) is 5.60 Å². The van der Waals surface area contributed by atoms with Crippen molar-refractivity contribution in [3.8, 4) is 0 Å². The molecular formula is C9H17NO. The normalized spacial score (nSPS) is 44.2. The van der Waals surface area contributed by atoms with Crippen molar-refractivity contribution < 1.29 is 4.74 Å². The van der Waals surface area contributed by atoms with Gasteiger partial charge in [-0.25, -0.2) is 0 Å². The van der Waals surface area contributed by atoms with Gasteiger partial charge in [-0.15, -0.1) is 0 Å². The van der Waals surface area contributed by atoms with Gasteiger partial charge >= 0.3 is 0 Å². The fourth-order valence-electron chi connectivity index (χ4n) is 1.94. The predicted octanol–water partition coefficient (Wildman–Crippen LogP) is 1.12. The van der Waals surface area contributed by atoms with E-state index in [9.17, 15) is 0 Å². The second kappa shape index (κ2) is 2.20. The third-order valence-corrected chi connectivity index (χ3v) is 3.12. The van der Waals surface area contributed by atoms with Crippen LogP contribution in [0.15, 0.2) is 0 Å². The number of hydrogen-bond acceptors (Lipinski definition) is 2. The second-order valence-corrected chi connectivity index (χ2v) is 4.28. The Hall–Kier alpha value is -0.0800. The van der Waals surface area contributed by atoms with Crippen LogP contribution in [0.1, 0.15) is 20.8 Å². The summed E-state index contributed by atoms with van der Waals surface area (Å²) < 4.78 is 5.51. The first-order valence-corrected chi connectivity index (χ1v) is 4.52. The van der Waals surface area contributed by atoms with Gasteiger partial charge < -0.3 is 4.74 Å². The van der Waals surface area contributed by atoms with E-state index < -0.39 is 0 Å². The lowest BCUT2D eigenvalue weighted by atomic mass is 10.00. The maximum atomic E-state index is 5.51. The molecule has 0 saturated carbocycles. The van der Waals surface area contributed by atoms with Gasteiger partial charge in [-0.2, -0.15) is 0 Å². The highest BCUT2D eigenvalue weighted by molar-refractivity contribution is 5.05. The maximum absolute atomic E-state index is 5.51. The van der Waals surface area contributed by atoms with Crippen LogP contribution in [-0.2, 0) is 4.74 Å². The molecule has 11 heavy (non-hydrogen) atoms. The third-order valence-electron chi connectivity index (χ3n) is 3.12. The molecule has 64 valence electrons. The Morgan fingerprint density at radius 2 is 2.18 bits per heavy atom. The quantitative estimate of drug-likeness (QED) is 0.527. The SMILES string of the molecule is CC(C)N1CC(C)C2(CO2)C1. The molecule has 0 aromatic rings. The van der Waals surface area contributed by atoms with Gasteiger partial charge in [0, 0.05) is 25.0 Å². The van der Waals surface area contributed by atoms with Crippen molar-refractivity contribution in [2.45, 2.75) is 32.4 Å². The van der Waals surface area contributed by atoms with Gasteiger partial charge in [-0.3, -0.25) is 4.90 Å². The van der Waals surface area contributed by atoms with Crippen molar-refractivity contribution in [1.82, 2.24) is 4.90 Å². The standard InChI is InChI=1S/C9H17NO/c1-7(2)10-4-8(3)9(5-10)6-11-9/h7-8H,4-6H2,1-3H3. The van der Waals surface area contributed by atoms with E-state index in [-0.39, 0.29) is 5.60 Å². The second-order valence-electron chi connectivity index (χ2n) is 4.28. The minimum Gasteiger partial charge on any atom is -0.368 e. The number of nitrogens with zero attached hydrogens (tertiary/aromatic N) is 1. The van der Waals surface area contributed by atoms with E-state index in [1.54, 1.807) is 0 Å². The lowest BCUT2D eigenvalue weighted by Crippen LogP contribution is -2.29. The number of hydrogen-bond donors (Lipinski definition) is 0. The zero-order valence-corrected chi connectivity index (χ0v) is 7.63. The summed E-state index contributed by atoms with van der Waals surface area (Å²) in [6, 6.07) is 0.682. The van der Waals surface area contributed by atoms with Crippen LogP contribution in [0.4, 0.5) is 0 Å². The topological polar surface area (TPSA) is 15.8 Å². The average Bonchev–Trinajstić information content (AvgIpc) is 2.59. The van der Waals surface area contributed by atoms with Crippen LogP contribution in [0.5, 0.6) is 0 Å². The molecule has 0 N–H and O–H groups in total. The molecule has 0 aromatic heterocycles. The van der Waals surface area contributed by atoms with Gasteiger partial charge in [-0.1, -0.05) is 6.92 Å². The molecule has 2 atom stereocenters. The Bertz CT molecular complexity index is 163. The van der Waals surface area contributed by atoms with Crippen LogP contribution in [0.3, 0.4) is 0 Å². The minimum absolute atomic E-state index is 0.282. The molecule has 0 amide bonds. The van der Waals surface area contributed by atoms with Crippen LogP contribution in [0, 0.1) is 5.92 Å². The molecule has 2 heteroatoms. The van der Waals surface area contributed by atoms with Crippen molar-refractivity contribution in [2.24, 2.45) is 5.92 Å². The Kier molecular flexibility index (Phi) is 1.52. The third kappa shape index (κ3) is 1.09. The summed E-state index contributed by atoms with van der Waals surface area (Å²) in [5.74, 6) is 0.741. The highest BCUT2D eigenvalue weighted by Gasteiger charge is 2.55. The molecular weight excluding hydrogens is 138 g/mol. The van der Waals surface area contributed by atoms with Gasteiger partial charge in [0.2, 0.25) is 0 Å². The molecule has 2 fully saturated rings. The first-order valence-electron chi connectivity index (χ1n) is 4.52. The first kappa shape index (κ1) is 7.56. The molecule has 0 bridgehead atoms. The largest absolute Gasteiger partial charge is 0.368 e. The summed E-state index contributed by atoms with van der Waals surface area (Å²) in [5, 5.41) is 0. The number of rotatable bonds is 1. The molecule has 2 nitrogen and oxygen atoms in total. The van der Waals surface area contributed by atoms with E-state index in [0.29, 0.717) is 6.04 Å². The predicted molar refractivity (Wildman–Crippen MR) is 44.6 cm³/mol. The van der Waals surface area contributed by atoms with Gasteiger partial charge in [0.15, 0.2) is 0 Å². The van der Waals surface area contributed by atoms with E-state index in [1.807, 2.05) is 0 Å². The molecule has 2 aliphatic rings. The van der Waals surface area contributed by atoms with E-state index >= 15 is 0 Å². The molecule has 1 spiro atoms. The van der Waals surface area contributed by atoms with Crippen molar-refractivity contribution >= 4 is 0 Å². The summed E-state index contributed by atoms with van der Waals surface area (Å²) in [7, 11) is 0. The minimum atomic E-state index is 0.282. The van der Waals surface area contributed by atoms with Gasteiger partial charge in [0.05, 0.1) is 6.61 Å². The Morgan fingerprint density at radius 3 is 2.45 bits per heavy atom. The molecule has 0 aliphatic carbocycles. The summed E-state index contributed by atoms with van der Waals surface area (Å²) in [4.78, 5) is 2.51. The van der Waals surface area contributed by atoms with Crippen LogP contribution >= 0.6 is 0 Å². The maximum Gasteiger partial charge on any atom is 0.108 e. The van der Waals surface area contributed by atoms with E-state index in [0.717, 1.165) is 19.1 Å². The Morgan fingerprint density at radius 1 is 1.55 bits per heavy atom. The van der Waals surface area contributed by atoms with Crippen molar-refractivity contribution in [1.29, 1.82) is 0 Å². The number of likely N-dealkylation sites (tertiary alicyclic amines) is 1. The van der Waals surface area contributed by atoms with Crippen LogP contribution in [-0.4, -0.2) is 36.2 Å². The lowest BCUT2D eigenvalue weighted by molar-refractivity contribution is 0.238. The van der Waals surface area contributed by atoms with Crippen LogP contribution < -0.4 is 0 Å². The first-order chi connectivity index (χ1) is 5.14. The smallest absolute Gasteiger partial charge is 0.108 e. The zero-order valence-electron chi connectivity index (χ0n) is 7.63. The molecule has 2 heterocycles. The molecule has 0 radical (unpaired) electrons.